The molecule has 0 fully saturated rings. The van der Waals surface area contributed by atoms with E-state index >= 15 is 0 Å². The molecule has 5 heteroatoms. The highest BCUT2D eigenvalue weighted by atomic mass is 79.9. The van der Waals surface area contributed by atoms with Gasteiger partial charge < -0.3 is 14.6 Å². The van der Waals surface area contributed by atoms with E-state index in [1.807, 2.05) is 48.7 Å². The number of aliphatic hydroxyl groups is 1. The highest BCUT2D eigenvalue weighted by Crippen LogP contribution is 2.23. The van der Waals surface area contributed by atoms with Crippen LogP contribution in [0.4, 0.5) is 0 Å². The Morgan fingerprint density at radius 1 is 1.10 bits per heavy atom. The molecule has 0 saturated heterocycles. The molecule has 0 saturated carbocycles. The van der Waals surface area contributed by atoms with Crippen molar-refractivity contribution in [2.24, 2.45) is 0 Å². The molecule has 1 N–H and O–H groups in total. The molecule has 31 heavy (non-hydrogen) atoms. The third kappa shape index (κ3) is 6.39. The molecule has 0 bridgehead atoms. The summed E-state index contributed by atoms with van der Waals surface area (Å²) in [4.78, 5) is 14.9. The summed E-state index contributed by atoms with van der Waals surface area (Å²) in [6.45, 7) is 7.54. The number of allylic oxidation sites excluding steroid dienone is 1. The summed E-state index contributed by atoms with van der Waals surface area (Å²) in [7, 11) is 0. The predicted octanol–water partition coefficient (Wildman–Crippen LogP) is 5.78. The maximum absolute atomic E-state index is 12.5. The van der Waals surface area contributed by atoms with E-state index in [1.165, 1.54) is 0 Å². The molecule has 4 nitrogen and oxygen atoms in total. The lowest BCUT2D eigenvalue weighted by atomic mass is 10.1. The Morgan fingerprint density at radius 3 is 2.45 bits per heavy atom. The second-order valence-electron chi connectivity index (χ2n) is 7.91. The molecule has 1 atom stereocenters. The Labute approximate surface area is 193 Å². The summed E-state index contributed by atoms with van der Waals surface area (Å²) in [6.07, 6.45) is 7.24. The second kappa shape index (κ2) is 11.4. The monoisotopic (exact) mass is 482 g/mol. The Kier molecular flexibility index (Phi) is 8.64. The van der Waals surface area contributed by atoms with Gasteiger partial charge in [0.2, 0.25) is 0 Å². The van der Waals surface area contributed by atoms with E-state index in [-0.39, 0.29) is 5.78 Å². The number of para-hydroxylation sites is 1. The van der Waals surface area contributed by atoms with Crippen LogP contribution in [-0.4, -0.2) is 46.1 Å². The number of hydrogen-bond donors (Lipinski definition) is 1. The van der Waals surface area contributed by atoms with E-state index in [2.05, 4.69) is 51.4 Å². The number of carbonyl (C=O) groups excluding carboxylic acids is 1. The van der Waals surface area contributed by atoms with Crippen molar-refractivity contribution in [3.63, 3.8) is 0 Å². The Morgan fingerprint density at radius 2 is 1.77 bits per heavy atom. The molecule has 0 radical (unpaired) electrons. The molecule has 3 aromatic rings. The van der Waals surface area contributed by atoms with Crippen molar-refractivity contribution < 1.29 is 9.90 Å². The smallest absolute Gasteiger partial charge is 0.185 e. The van der Waals surface area contributed by atoms with Crippen molar-refractivity contribution in [1.29, 1.82) is 0 Å². The summed E-state index contributed by atoms with van der Waals surface area (Å²) in [5.41, 5.74) is 2.70. The van der Waals surface area contributed by atoms with Gasteiger partial charge in [0, 0.05) is 45.8 Å². The van der Waals surface area contributed by atoms with E-state index in [4.69, 9.17) is 0 Å². The van der Waals surface area contributed by atoms with Gasteiger partial charge in [-0.25, -0.2) is 0 Å². The van der Waals surface area contributed by atoms with Gasteiger partial charge in [-0.15, -0.1) is 0 Å². The predicted molar refractivity (Wildman–Crippen MR) is 132 cm³/mol. The van der Waals surface area contributed by atoms with Gasteiger partial charge in [0.05, 0.1) is 6.10 Å². The summed E-state index contributed by atoms with van der Waals surface area (Å²) in [5, 5.41) is 11.8. The van der Waals surface area contributed by atoms with Gasteiger partial charge in [-0.1, -0.05) is 48.0 Å². The van der Waals surface area contributed by atoms with E-state index < -0.39 is 6.10 Å². The minimum Gasteiger partial charge on any atom is -0.390 e. The maximum Gasteiger partial charge on any atom is 0.185 e. The number of ketones is 1. The van der Waals surface area contributed by atoms with Crippen molar-refractivity contribution in [3.05, 3.63) is 76.4 Å². The number of carbonyl (C=O) groups is 1. The molecule has 0 unspecified atom stereocenters. The van der Waals surface area contributed by atoms with Gasteiger partial charge in [-0.05, 0) is 68.4 Å². The zero-order valence-corrected chi connectivity index (χ0v) is 19.9. The average Bonchev–Trinajstić information content (AvgIpc) is 3.10. The molecule has 1 aromatic heterocycles. The Balaban J connectivity index is 1.78. The summed E-state index contributed by atoms with van der Waals surface area (Å²) < 4.78 is 3.05. The van der Waals surface area contributed by atoms with Crippen molar-refractivity contribution in [2.75, 3.05) is 19.6 Å². The van der Waals surface area contributed by atoms with E-state index in [9.17, 15) is 9.90 Å². The fourth-order valence-electron chi connectivity index (χ4n) is 3.94. The normalized spacial score (nSPS) is 12.8. The van der Waals surface area contributed by atoms with Crippen molar-refractivity contribution >= 4 is 38.7 Å². The molecule has 0 amide bonds. The molecule has 2 aromatic carbocycles. The van der Waals surface area contributed by atoms with Gasteiger partial charge in [0.1, 0.15) is 0 Å². The van der Waals surface area contributed by atoms with Crippen LogP contribution in [0.15, 0.2) is 65.3 Å². The van der Waals surface area contributed by atoms with Crippen LogP contribution >= 0.6 is 15.9 Å². The summed E-state index contributed by atoms with van der Waals surface area (Å²) >= 11 is 3.40. The lowest BCUT2D eigenvalue weighted by Crippen LogP contribution is -2.35. The largest absolute Gasteiger partial charge is 0.390 e. The average molecular weight is 483 g/mol. The SMILES string of the molecule is CCCN(CCC)C[C@H](O)Cn1cc(/C=C/C(=O)c2ccc(Br)cc2)c2ccccc21. The number of nitrogens with zero attached hydrogens (tertiary/aromatic N) is 2. The van der Waals surface area contributed by atoms with Gasteiger partial charge in [-0.2, -0.15) is 0 Å². The van der Waals surface area contributed by atoms with E-state index in [0.29, 0.717) is 18.7 Å². The molecular formula is C26H31BrN2O2. The first-order valence-electron chi connectivity index (χ1n) is 11.0. The molecule has 0 aliphatic heterocycles. The zero-order chi connectivity index (χ0) is 22.2. The van der Waals surface area contributed by atoms with Crippen LogP contribution in [0.3, 0.4) is 0 Å². The van der Waals surface area contributed by atoms with Crippen LogP contribution < -0.4 is 0 Å². The maximum atomic E-state index is 12.5. The first-order valence-corrected chi connectivity index (χ1v) is 11.8. The van der Waals surface area contributed by atoms with Crippen molar-refractivity contribution in [3.8, 4) is 0 Å². The number of hydrogen-bond acceptors (Lipinski definition) is 3. The standard InChI is InChI=1S/C26H31BrN2O2/c1-3-15-28(16-4-2)18-23(30)19-29-17-21(24-7-5-6-8-25(24)29)11-14-26(31)20-9-12-22(27)13-10-20/h5-14,17,23,30H,3-4,15-16,18-19H2,1-2H3/b14-11+/t23-/m0/s1. The number of benzene rings is 2. The van der Waals surface area contributed by atoms with Crippen LogP contribution in [0, 0.1) is 0 Å². The van der Waals surface area contributed by atoms with Crippen molar-refractivity contribution in [1.82, 2.24) is 9.47 Å². The molecule has 1 heterocycles. The van der Waals surface area contributed by atoms with Gasteiger partial charge in [-0.3, -0.25) is 4.79 Å². The van der Waals surface area contributed by atoms with Gasteiger partial charge in [0.15, 0.2) is 5.78 Å². The van der Waals surface area contributed by atoms with Crippen LogP contribution in [-0.2, 0) is 6.54 Å². The van der Waals surface area contributed by atoms with Gasteiger partial charge >= 0.3 is 0 Å². The fourth-order valence-corrected chi connectivity index (χ4v) is 4.21. The quantitative estimate of drug-likeness (QED) is 0.278. The highest BCUT2D eigenvalue weighted by molar-refractivity contribution is 9.10. The molecule has 0 aliphatic rings. The molecule has 3 rings (SSSR count). The third-order valence-corrected chi connectivity index (χ3v) is 5.85. The first kappa shape index (κ1) is 23.5. The number of fused-ring (bicyclic) bond motifs is 1. The molecule has 0 aliphatic carbocycles. The first-order chi connectivity index (χ1) is 15.0. The summed E-state index contributed by atoms with van der Waals surface area (Å²) in [6, 6.07) is 15.5. The minimum absolute atomic E-state index is 0.0286. The van der Waals surface area contributed by atoms with E-state index in [0.717, 1.165) is 46.9 Å². The molecular weight excluding hydrogens is 452 g/mol. The van der Waals surface area contributed by atoms with Crippen LogP contribution in [0.5, 0.6) is 0 Å². The zero-order valence-electron chi connectivity index (χ0n) is 18.3. The molecule has 0 spiro atoms. The minimum atomic E-state index is -0.449. The highest BCUT2D eigenvalue weighted by Gasteiger charge is 2.14. The second-order valence-corrected chi connectivity index (χ2v) is 8.83. The number of rotatable bonds is 11. The van der Waals surface area contributed by atoms with Crippen molar-refractivity contribution in [2.45, 2.75) is 39.3 Å². The lowest BCUT2D eigenvalue weighted by Gasteiger charge is -2.24. The van der Waals surface area contributed by atoms with Gasteiger partial charge in [0.25, 0.3) is 0 Å². The van der Waals surface area contributed by atoms with Crippen LogP contribution in [0.25, 0.3) is 17.0 Å². The molecule has 164 valence electrons. The third-order valence-electron chi connectivity index (χ3n) is 5.32. The number of aliphatic hydroxyl groups excluding tert-OH is 1. The Hall–Kier alpha value is -2.21. The van der Waals surface area contributed by atoms with Crippen LogP contribution in [0.2, 0.25) is 0 Å². The number of halogens is 1. The van der Waals surface area contributed by atoms with Crippen LogP contribution in [0.1, 0.15) is 42.6 Å². The summed E-state index contributed by atoms with van der Waals surface area (Å²) in [5.74, 6) is -0.0286. The number of aromatic nitrogens is 1. The lowest BCUT2D eigenvalue weighted by molar-refractivity contribution is 0.0988. The Bertz CT molecular complexity index is 1020. The topological polar surface area (TPSA) is 45.5 Å². The van der Waals surface area contributed by atoms with E-state index in [1.54, 1.807) is 6.08 Å². The fraction of sp³-hybridized carbons (Fsp3) is 0.346.